The van der Waals surface area contributed by atoms with Crippen LogP contribution in [0.2, 0.25) is 0 Å². The molecular formula is C20H27N5O2. The molecule has 7 nitrogen and oxygen atoms in total. The summed E-state index contributed by atoms with van der Waals surface area (Å²) in [5, 5.41) is 11.3. The monoisotopic (exact) mass is 369 g/mol. The van der Waals surface area contributed by atoms with E-state index in [4.69, 9.17) is 0 Å². The van der Waals surface area contributed by atoms with E-state index in [9.17, 15) is 9.59 Å². The number of benzene rings is 1. The van der Waals surface area contributed by atoms with E-state index >= 15 is 0 Å². The average molecular weight is 369 g/mol. The first-order chi connectivity index (χ1) is 12.9. The molecule has 7 heteroatoms. The molecule has 0 saturated carbocycles. The number of amides is 2. The maximum Gasteiger partial charge on any atom is 0.273 e. The lowest BCUT2D eigenvalue weighted by atomic mass is 10.0. The molecule has 1 aliphatic rings. The van der Waals surface area contributed by atoms with Gasteiger partial charge in [-0.25, -0.2) is 4.68 Å². The predicted octanol–water partition coefficient (Wildman–Crippen LogP) is 2.26. The smallest absolute Gasteiger partial charge is 0.273 e. The van der Waals surface area contributed by atoms with Gasteiger partial charge in [0.2, 0.25) is 5.91 Å². The fourth-order valence-corrected chi connectivity index (χ4v) is 3.33. The zero-order valence-electron chi connectivity index (χ0n) is 16.4. The molecule has 1 fully saturated rings. The summed E-state index contributed by atoms with van der Waals surface area (Å²) < 4.78 is 1.68. The first-order valence-corrected chi connectivity index (χ1v) is 9.46. The largest absolute Gasteiger partial charge is 0.348 e. The molecular weight excluding hydrogens is 342 g/mol. The molecule has 1 aromatic carbocycles. The van der Waals surface area contributed by atoms with Crippen molar-refractivity contribution in [3.63, 3.8) is 0 Å². The van der Waals surface area contributed by atoms with Crippen LogP contribution in [0.4, 0.5) is 0 Å². The molecule has 0 spiro atoms. The highest BCUT2D eigenvalue weighted by molar-refractivity contribution is 5.93. The van der Waals surface area contributed by atoms with E-state index in [1.54, 1.807) is 4.68 Å². The third-order valence-corrected chi connectivity index (χ3v) is 5.02. The van der Waals surface area contributed by atoms with E-state index in [1.165, 1.54) is 0 Å². The third-order valence-electron chi connectivity index (χ3n) is 5.02. The van der Waals surface area contributed by atoms with Crippen LogP contribution in [0, 0.1) is 19.8 Å². The number of carbonyl (C=O) groups excluding carboxylic acids is 2. The second-order valence-corrected chi connectivity index (χ2v) is 7.50. The zero-order valence-corrected chi connectivity index (χ0v) is 16.4. The van der Waals surface area contributed by atoms with E-state index in [0.717, 1.165) is 24.1 Å². The number of aromatic nitrogens is 3. The van der Waals surface area contributed by atoms with E-state index in [2.05, 4.69) is 15.6 Å². The van der Waals surface area contributed by atoms with Crippen molar-refractivity contribution in [3.05, 3.63) is 41.2 Å². The van der Waals surface area contributed by atoms with Gasteiger partial charge in [-0.1, -0.05) is 36.8 Å². The average Bonchev–Trinajstić information content (AvgIpc) is 3.04. The number of rotatable bonds is 4. The Morgan fingerprint density at radius 1 is 1.11 bits per heavy atom. The Morgan fingerprint density at radius 3 is 2.33 bits per heavy atom. The number of piperidine rings is 1. The fourth-order valence-electron chi connectivity index (χ4n) is 3.33. The molecule has 1 aromatic heterocycles. The number of hydrogen-bond acceptors (Lipinski definition) is 4. The van der Waals surface area contributed by atoms with Crippen LogP contribution in [0.25, 0.3) is 5.69 Å². The number of nitrogens with one attached hydrogen (secondary N) is 1. The minimum absolute atomic E-state index is 0.00982. The highest BCUT2D eigenvalue weighted by Crippen LogP contribution is 2.16. The van der Waals surface area contributed by atoms with Crippen molar-refractivity contribution >= 4 is 11.8 Å². The van der Waals surface area contributed by atoms with Gasteiger partial charge in [-0.15, -0.1) is 5.10 Å². The summed E-state index contributed by atoms with van der Waals surface area (Å²) in [6.07, 6.45) is 1.52. The van der Waals surface area contributed by atoms with Gasteiger partial charge in [-0.3, -0.25) is 9.59 Å². The van der Waals surface area contributed by atoms with Crippen molar-refractivity contribution in [2.24, 2.45) is 5.92 Å². The maximum absolute atomic E-state index is 12.6. The van der Waals surface area contributed by atoms with Crippen LogP contribution in [-0.2, 0) is 4.79 Å². The Kier molecular flexibility index (Phi) is 5.58. The van der Waals surface area contributed by atoms with Gasteiger partial charge in [-0.05, 0) is 38.8 Å². The Morgan fingerprint density at radius 2 is 1.74 bits per heavy atom. The van der Waals surface area contributed by atoms with Crippen molar-refractivity contribution < 1.29 is 9.59 Å². The molecule has 0 unspecified atom stereocenters. The summed E-state index contributed by atoms with van der Waals surface area (Å²) in [6, 6.07) is 7.98. The van der Waals surface area contributed by atoms with E-state index < -0.39 is 0 Å². The number of aryl methyl sites for hydroxylation is 1. The van der Waals surface area contributed by atoms with Gasteiger partial charge < -0.3 is 10.2 Å². The Labute approximate surface area is 159 Å². The quantitative estimate of drug-likeness (QED) is 0.896. The molecule has 0 bridgehead atoms. The minimum Gasteiger partial charge on any atom is -0.348 e. The lowest BCUT2D eigenvalue weighted by molar-refractivity contribution is -0.135. The Bertz CT molecular complexity index is 817. The second kappa shape index (κ2) is 7.90. The Balaban J connectivity index is 1.63. The normalized spacial score (nSPS) is 15.2. The van der Waals surface area contributed by atoms with Gasteiger partial charge in [0.05, 0.1) is 11.4 Å². The van der Waals surface area contributed by atoms with Crippen molar-refractivity contribution in [1.29, 1.82) is 0 Å². The van der Waals surface area contributed by atoms with E-state index in [0.29, 0.717) is 24.5 Å². The number of carbonyl (C=O) groups is 2. The number of hydrogen-bond donors (Lipinski definition) is 1. The van der Waals surface area contributed by atoms with Crippen LogP contribution in [0.3, 0.4) is 0 Å². The van der Waals surface area contributed by atoms with Crippen molar-refractivity contribution in [2.45, 2.75) is 46.6 Å². The molecule has 2 amide bonds. The highest BCUT2D eigenvalue weighted by Gasteiger charge is 2.26. The SMILES string of the molecule is Cc1ccc(-n2nnc(C(=O)NC3CCN(C(=O)C(C)C)CC3)c2C)cc1. The first kappa shape index (κ1) is 19.1. The minimum atomic E-state index is -0.209. The molecule has 1 aliphatic heterocycles. The van der Waals surface area contributed by atoms with E-state index in [-0.39, 0.29) is 23.8 Å². The van der Waals surface area contributed by atoms with E-state index in [1.807, 2.05) is 56.9 Å². The van der Waals surface area contributed by atoms with Gasteiger partial charge in [-0.2, -0.15) is 0 Å². The van der Waals surface area contributed by atoms with Gasteiger partial charge >= 0.3 is 0 Å². The van der Waals surface area contributed by atoms with Crippen LogP contribution in [0.1, 0.15) is 48.4 Å². The molecule has 2 aromatic rings. The summed E-state index contributed by atoms with van der Waals surface area (Å²) in [5.74, 6) is -0.0215. The molecule has 0 radical (unpaired) electrons. The standard InChI is InChI=1S/C20H27N5O2/c1-13(2)20(27)24-11-9-16(10-12-24)21-19(26)18-15(4)25(23-22-18)17-7-5-14(3)6-8-17/h5-8,13,16H,9-12H2,1-4H3,(H,21,26). The van der Waals surface area contributed by atoms with Crippen LogP contribution >= 0.6 is 0 Å². The van der Waals surface area contributed by atoms with Crippen LogP contribution < -0.4 is 5.32 Å². The van der Waals surface area contributed by atoms with Gasteiger partial charge in [0.25, 0.3) is 5.91 Å². The van der Waals surface area contributed by atoms with Crippen LogP contribution in [-0.4, -0.2) is 50.8 Å². The van der Waals surface area contributed by atoms with Gasteiger partial charge in [0, 0.05) is 25.0 Å². The Hall–Kier alpha value is -2.70. The van der Waals surface area contributed by atoms with Crippen LogP contribution in [0.15, 0.2) is 24.3 Å². The molecule has 27 heavy (non-hydrogen) atoms. The topological polar surface area (TPSA) is 80.1 Å². The van der Waals surface area contributed by atoms with Crippen molar-refractivity contribution in [3.8, 4) is 5.69 Å². The summed E-state index contributed by atoms with van der Waals surface area (Å²) in [7, 11) is 0. The molecule has 0 aliphatic carbocycles. The molecule has 2 heterocycles. The summed E-state index contributed by atoms with van der Waals surface area (Å²) in [6.45, 7) is 9.05. The zero-order chi connectivity index (χ0) is 19.6. The fraction of sp³-hybridized carbons (Fsp3) is 0.500. The number of nitrogens with zero attached hydrogens (tertiary/aromatic N) is 4. The molecule has 144 valence electrons. The van der Waals surface area contributed by atoms with Crippen molar-refractivity contribution in [1.82, 2.24) is 25.2 Å². The highest BCUT2D eigenvalue weighted by atomic mass is 16.2. The number of likely N-dealkylation sites (tertiary alicyclic amines) is 1. The lowest BCUT2D eigenvalue weighted by Gasteiger charge is -2.33. The second-order valence-electron chi connectivity index (χ2n) is 7.50. The molecule has 3 rings (SSSR count). The molecule has 1 saturated heterocycles. The summed E-state index contributed by atoms with van der Waals surface area (Å²) >= 11 is 0. The third kappa shape index (κ3) is 4.18. The maximum atomic E-state index is 12.6. The molecule has 0 atom stereocenters. The van der Waals surface area contributed by atoms with Crippen molar-refractivity contribution in [2.75, 3.05) is 13.1 Å². The van der Waals surface area contributed by atoms with Gasteiger partial charge in [0.1, 0.15) is 0 Å². The first-order valence-electron chi connectivity index (χ1n) is 9.46. The predicted molar refractivity (Wildman–Crippen MR) is 103 cm³/mol. The lowest BCUT2D eigenvalue weighted by Crippen LogP contribution is -2.47. The van der Waals surface area contributed by atoms with Gasteiger partial charge in [0.15, 0.2) is 5.69 Å². The summed E-state index contributed by atoms with van der Waals surface area (Å²) in [5.41, 5.74) is 3.10. The van der Waals surface area contributed by atoms with Crippen LogP contribution in [0.5, 0.6) is 0 Å². The molecule has 1 N–H and O–H groups in total. The summed E-state index contributed by atoms with van der Waals surface area (Å²) in [4.78, 5) is 26.6.